The second-order valence-electron chi connectivity index (χ2n) is 7.28. The number of aliphatic carboxylic acids is 1. The van der Waals surface area contributed by atoms with Gasteiger partial charge in [0, 0.05) is 5.92 Å². The standard InChI is InChI=1S/C18H26O3/c1-12-6-9-15-17(3,14(12)8-7-13(2)19)10-5-11-18(15,4)16(20)21/h7-8,14-15H,1,5-6,9-11H2,2-4H3,(H,20,21)/b8-7+/t14-,15?,17+,18-/m0/s1. The predicted octanol–water partition coefficient (Wildman–Crippen LogP) is 4.00. The zero-order valence-electron chi connectivity index (χ0n) is 13.3. The van der Waals surface area contributed by atoms with E-state index in [4.69, 9.17) is 0 Å². The van der Waals surface area contributed by atoms with Crippen LogP contribution in [0.5, 0.6) is 0 Å². The van der Waals surface area contributed by atoms with Crippen molar-refractivity contribution < 1.29 is 14.7 Å². The van der Waals surface area contributed by atoms with Crippen molar-refractivity contribution >= 4 is 11.8 Å². The van der Waals surface area contributed by atoms with Gasteiger partial charge in [0.25, 0.3) is 0 Å². The fourth-order valence-corrected chi connectivity index (χ4v) is 4.73. The molecular weight excluding hydrogens is 264 g/mol. The number of fused-ring (bicyclic) bond motifs is 1. The van der Waals surface area contributed by atoms with E-state index in [1.54, 1.807) is 13.0 Å². The second-order valence-corrected chi connectivity index (χ2v) is 7.28. The number of hydrogen-bond donors (Lipinski definition) is 1. The molecule has 116 valence electrons. The molecule has 0 bridgehead atoms. The third-order valence-corrected chi connectivity index (χ3v) is 5.89. The van der Waals surface area contributed by atoms with Gasteiger partial charge >= 0.3 is 5.97 Å². The fourth-order valence-electron chi connectivity index (χ4n) is 4.73. The molecule has 0 aromatic carbocycles. The minimum atomic E-state index is -0.680. The maximum atomic E-state index is 11.8. The third-order valence-electron chi connectivity index (χ3n) is 5.89. The number of carbonyl (C=O) groups is 2. The summed E-state index contributed by atoms with van der Waals surface area (Å²) < 4.78 is 0. The van der Waals surface area contributed by atoms with Gasteiger partial charge in [-0.1, -0.05) is 31.6 Å². The molecule has 2 fully saturated rings. The number of hydrogen-bond acceptors (Lipinski definition) is 2. The van der Waals surface area contributed by atoms with Gasteiger partial charge in [-0.05, 0) is 56.9 Å². The molecule has 3 nitrogen and oxygen atoms in total. The van der Waals surface area contributed by atoms with Gasteiger partial charge < -0.3 is 5.11 Å². The van der Waals surface area contributed by atoms with Crippen molar-refractivity contribution in [2.45, 2.75) is 52.9 Å². The Morgan fingerprint density at radius 2 is 2.00 bits per heavy atom. The van der Waals surface area contributed by atoms with Gasteiger partial charge in [-0.2, -0.15) is 0 Å². The average Bonchev–Trinajstić information content (AvgIpc) is 2.36. The van der Waals surface area contributed by atoms with Crippen LogP contribution in [-0.2, 0) is 9.59 Å². The maximum Gasteiger partial charge on any atom is 0.309 e. The molecule has 0 radical (unpaired) electrons. The summed E-state index contributed by atoms with van der Waals surface area (Å²) in [6, 6.07) is 0. The first-order valence-electron chi connectivity index (χ1n) is 7.81. The van der Waals surface area contributed by atoms with Crippen molar-refractivity contribution in [3.8, 4) is 0 Å². The van der Waals surface area contributed by atoms with Crippen LogP contribution in [0.1, 0.15) is 52.9 Å². The lowest BCUT2D eigenvalue weighted by molar-refractivity contribution is -0.163. The normalized spacial score (nSPS) is 40.0. The van der Waals surface area contributed by atoms with Crippen LogP contribution in [0.3, 0.4) is 0 Å². The van der Waals surface area contributed by atoms with Crippen LogP contribution in [0, 0.1) is 22.7 Å². The summed E-state index contributed by atoms with van der Waals surface area (Å²) in [7, 11) is 0. The maximum absolute atomic E-state index is 11.8. The molecule has 0 amide bonds. The Morgan fingerprint density at radius 1 is 1.33 bits per heavy atom. The summed E-state index contributed by atoms with van der Waals surface area (Å²) in [6.45, 7) is 9.83. The molecule has 2 aliphatic rings. The molecule has 2 rings (SSSR count). The Kier molecular flexibility index (Phi) is 4.14. The largest absolute Gasteiger partial charge is 0.481 e. The molecular formula is C18H26O3. The molecule has 4 atom stereocenters. The minimum Gasteiger partial charge on any atom is -0.481 e. The van der Waals surface area contributed by atoms with Crippen molar-refractivity contribution in [2.24, 2.45) is 22.7 Å². The van der Waals surface area contributed by atoms with Crippen LogP contribution < -0.4 is 0 Å². The van der Waals surface area contributed by atoms with Crippen molar-refractivity contribution in [1.29, 1.82) is 0 Å². The zero-order chi connectivity index (χ0) is 15.8. The fraction of sp³-hybridized carbons (Fsp3) is 0.667. The molecule has 2 saturated carbocycles. The molecule has 0 spiro atoms. The predicted molar refractivity (Wildman–Crippen MR) is 82.9 cm³/mol. The van der Waals surface area contributed by atoms with E-state index in [-0.39, 0.29) is 23.0 Å². The van der Waals surface area contributed by atoms with Crippen molar-refractivity contribution in [2.75, 3.05) is 0 Å². The molecule has 0 aromatic rings. The summed E-state index contributed by atoms with van der Waals surface area (Å²) in [6.07, 6.45) is 8.01. The minimum absolute atomic E-state index is 0.0327. The van der Waals surface area contributed by atoms with E-state index in [2.05, 4.69) is 13.5 Å². The average molecular weight is 290 g/mol. The van der Waals surface area contributed by atoms with Crippen LogP contribution in [0.4, 0.5) is 0 Å². The van der Waals surface area contributed by atoms with E-state index in [1.165, 1.54) is 0 Å². The van der Waals surface area contributed by atoms with E-state index in [0.29, 0.717) is 0 Å². The van der Waals surface area contributed by atoms with Crippen LogP contribution in [0.15, 0.2) is 24.3 Å². The van der Waals surface area contributed by atoms with Crippen LogP contribution in [0.2, 0.25) is 0 Å². The van der Waals surface area contributed by atoms with Crippen LogP contribution in [0.25, 0.3) is 0 Å². The Labute approximate surface area is 127 Å². The van der Waals surface area contributed by atoms with E-state index < -0.39 is 11.4 Å². The van der Waals surface area contributed by atoms with Crippen molar-refractivity contribution in [3.05, 3.63) is 24.3 Å². The first-order chi connectivity index (χ1) is 9.71. The molecule has 1 unspecified atom stereocenters. The monoisotopic (exact) mass is 290 g/mol. The number of carboxylic acid groups (broad SMARTS) is 1. The van der Waals surface area contributed by atoms with E-state index in [0.717, 1.165) is 37.7 Å². The highest BCUT2D eigenvalue weighted by Crippen LogP contribution is 2.61. The number of allylic oxidation sites excluding steroid dienone is 3. The Hall–Kier alpha value is -1.38. The number of carboxylic acids is 1. The Balaban J connectivity index is 2.42. The smallest absolute Gasteiger partial charge is 0.309 e. The summed E-state index contributed by atoms with van der Waals surface area (Å²) in [5.41, 5.74) is 0.378. The first kappa shape index (κ1) is 16.0. The summed E-state index contributed by atoms with van der Waals surface area (Å²) in [4.78, 5) is 23.1. The summed E-state index contributed by atoms with van der Waals surface area (Å²) in [5, 5.41) is 9.73. The SMILES string of the molecule is C=C1CCC2[C@](C)(CCC[C@]2(C)C(=O)O)[C@H]1/C=C/C(C)=O. The molecule has 0 aliphatic heterocycles. The molecule has 0 aromatic heterocycles. The van der Waals surface area contributed by atoms with Crippen LogP contribution in [-0.4, -0.2) is 16.9 Å². The molecule has 1 N–H and O–H groups in total. The molecule has 0 saturated heterocycles. The lowest BCUT2D eigenvalue weighted by Gasteiger charge is -2.56. The molecule has 3 heteroatoms. The van der Waals surface area contributed by atoms with Gasteiger partial charge in [0.2, 0.25) is 0 Å². The third kappa shape index (κ3) is 2.58. The van der Waals surface area contributed by atoms with Gasteiger partial charge in [0.05, 0.1) is 5.41 Å². The van der Waals surface area contributed by atoms with Gasteiger partial charge in [-0.15, -0.1) is 0 Å². The number of carbonyl (C=O) groups excluding carboxylic acids is 1. The van der Waals surface area contributed by atoms with Gasteiger partial charge in [0.1, 0.15) is 0 Å². The molecule has 0 heterocycles. The number of ketones is 1. The Bertz CT molecular complexity index is 505. The number of rotatable bonds is 3. The van der Waals surface area contributed by atoms with Crippen molar-refractivity contribution in [3.63, 3.8) is 0 Å². The van der Waals surface area contributed by atoms with Gasteiger partial charge in [0.15, 0.2) is 5.78 Å². The first-order valence-corrected chi connectivity index (χ1v) is 7.81. The van der Waals surface area contributed by atoms with Crippen molar-refractivity contribution in [1.82, 2.24) is 0 Å². The summed E-state index contributed by atoms with van der Waals surface area (Å²) in [5.74, 6) is -0.395. The van der Waals surface area contributed by atoms with E-state index >= 15 is 0 Å². The van der Waals surface area contributed by atoms with Gasteiger partial charge in [-0.25, -0.2) is 0 Å². The quantitative estimate of drug-likeness (QED) is 0.631. The van der Waals surface area contributed by atoms with E-state index in [9.17, 15) is 14.7 Å². The molecule has 2 aliphatic carbocycles. The lowest BCUT2D eigenvalue weighted by atomic mass is 9.47. The van der Waals surface area contributed by atoms with Crippen LogP contribution >= 0.6 is 0 Å². The Morgan fingerprint density at radius 3 is 2.57 bits per heavy atom. The lowest BCUT2D eigenvalue weighted by Crippen LogP contribution is -2.53. The highest BCUT2D eigenvalue weighted by Gasteiger charge is 2.56. The van der Waals surface area contributed by atoms with Gasteiger partial charge in [-0.3, -0.25) is 9.59 Å². The second kappa shape index (κ2) is 5.43. The highest BCUT2D eigenvalue weighted by atomic mass is 16.4. The zero-order valence-corrected chi connectivity index (χ0v) is 13.3. The molecule has 21 heavy (non-hydrogen) atoms. The topological polar surface area (TPSA) is 54.4 Å². The summed E-state index contributed by atoms with van der Waals surface area (Å²) >= 11 is 0. The van der Waals surface area contributed by atoms with E-state index in [1.807, 2.05) is 13.0 Å². The highest BCUT2D eigenvalue weighted by molar-refractivity contribution is 5.87.